The Morgan fingerprint density at radius 1 is 1.29 bits per heavy atom. The van der Waals surface area contributed by atoms with Crippen LogP contribution < -0.4 is 4.90 Å². The topological polar surface area (TPSA) is 77.2 Å². The number of carboxylic acids is 1. The average molecular weight is 281 g/mol. The molecule has 0 atom stereocenters. The number of carbonyl (C=O) groups is 1. The van der Waals surface area contributed by atoms with Gasteiger partial charge in [0.15, 0.2) is 0 Å². The van der Waals surface area contributed by atoms with Gasteiger partial charge in [0.2, 0.25) is 0 Å². The molecular formula is C16H15N3O2. The predicted molar refractivity (Wildman–Crippen MR) is 78.7 cm³/mol. The quantitative estimate of drug-likeness (QED) is 0.880. The standard InChI is InChI=1S/C16H15N3O2/c17-11-14-10-13(6-8-18-14)12-19(9-7-16(20)21)15-4-2-1-3-5-15/h1-6,8,10H,7,9,12H2,(H,20,21). The number of hydrogen-bond acceptors (Lipinski definition) is 4. The zero-order chi connectivity index (χ0) is 15.1. The van der Waals surface area contributed by atoms with Crippen molar-refractivity contribution in [2.75, 3.05) is 11.4 Å². The lowest BCUT2D eigenvalue weighted by molar-refractivity contribution is -0.136. The molecular weight excluding hydrogens is 266 g/mol. The molecule has 0 unspecified atom stereocenters. The Hall–Kier alpha value is -2.87. The average Bonchev–Trinajstić information content (AvgIpc) is 2.52. The number of anilines is 1. The predicted octanol–water partition coefficient (Wildman–Crippen LogP) is 2.43. The number of para-hydroxylation sites is 1. The Labute approximate surface area is 123 Å². The monoisotopic (exact) mass is 281 g/mol. The highest BCUT2D eigenvalue weighted by atomic mass is 16.4. The van der Waals surface area contributed by atoms with Crippen LogP contribution >= 0.6 is 0 Å². The van der Waals surface area contributed by atoms with Crippen molar-refractivity contribution < 1.29 is 9.90 Å². The Morgan fingerprint density at radius 2 is 2.05 bits per heavy atom. The third-order valence-corrected chi connectivity index (χ3v) is 3.03. The van der Waals surface area contributed by atoms with Gasteiger partial charge < -0.3 is 10.0 Å². The van der Waals surface area contributed by atoms with Gasteiger partial charge in [0, 0.05) is 25.0 Å². The van der Waals surface area contributed by atoms with Crippen molar-refractivity contribution in [2.45, 2.75) is 13.0 Å². The lowest BCUT2D eigenvalue weighted by Gasteiger charge is -2.24. The Morgan fingerprint density at radius 3 is 2.71 bits per heavy atom. The van der Waals surface area contributed by atoms with E-state index in [-0.39, 0.29) is 6.42 Å². The summed E-state index contributed by atoms with van der Waals surface area (Å²) < 4.78 is 0. The zero-order valence-electron chi connectivity index (χ0n) is 11.4. The Bertz CT molecular complexity index is 650. The number of pyridine rings is 1. The minimum absolute atomic E-state index is 0.0606. The number of nitrogens with zero attached hydrogens (tertiary/aromatic N) is 3. The first-order valence-corrected chi connectivity index (χ1v) is 6.56. The molecule has 5 heteroatoms. The van der Waals surface area contributed by atoms with Crippen LogP contribution in [0.5, 0.6) is 0 Å². The van der Waals surface area contributed by atoms with Gasteiger partial charge in [-0.15, -0.1) is 0 Å². The number of aromatic nitrogens is 1. The molecule has 21 heavy (non-hydrogen) atoms. The normalized spacial score (nSPS) is 9.86. The maximum Gasteiger partial charge on any atom is 0.305 e. The fraction of sp³-hybridized carbons (Fsp3) is 0.188. The number of aliphatic carboxylic acids is 1. The molecule has 0 bridgehead atoms. The smallest absolute Gasteiger partial charge is 0.305 e. The van der Waals surface area contributed by atoms with Gasteiger partial charge in [0.25, 0.3) is 0 Å². The molecule has 0 fully saturated rings. The van der Waals surface area contributed by atoms with Gasteiger partial charge in [-0.1, -0.05) is 18.2 Å². The first-order valence-electron chi connectivity index (χ1n) is 6.56. The molecule has 2 aromatic rings. The Kier molecular flexibility index (Phi) is 4.89. The molecule has 0 aliphatic heterocycles. The molecule has 1 aromatic carbocycles. The molecule has 2 rings (SSSR count). The lowest BCUT2D eigenvalue weighted by atomic mass is 10.2. The van der Waals surface area contributed by atoms with Crippen molar-refractivity contribution in [3.8, 4) is 6.07 Å². The van der Waals surface area contributed by atoms with Crippen LogP contribution in [0.1, 0.15) is 17.7 Å². The van der Waals surface area contributed by atoms with Gasteiger partial charge in [-0.05, 0) is 29.8 Å². The van der Waals surface area contributed by atoms with Crippen LogP contribution in [0.4, 0.5) is 5.69 Å². The second-order valence-corrected chi connectivity index (χ2v) is 4.56. The van der Waals surface area contributed by atoms with E-state index in [4.69, 9.17) is 10.4 Å². The number of benzene rings is 1. The molecule has 0 saturated carbocycles. The van der Waals surface area contributed by atoms with Gasteiger partial charge in [0.05, 0.1) is 6.42 Å². The minimum atomic E-state index is -0.830. The van der Waals surface area contributed by atoms with Crippen LogP contribution in [0, 0.1) is 11.3 Å². The van der Waals surface area contributed by atoms with Crippen molar-refractivity contribution in [1.82, 2.24) is 4.98 Å². The van der Waals surface area contributed by atoms with Crippen molar-refractivity contribution in [2.24, 2.45) is 0 Å². The number of rotatable bonds is 6. The van der Waals surface area contributed by atoms with Crippen molar-refractivity contribution in [3.05, 3.63) is 59.9 Å². The van der Waals surface area contributed by atoms with Crippen LogP contribution in [0.3, 0.4) is 0 Å². The maximum atomic E-state index is 10.8. The van der Waals surface area contributed by atoms with Crippen LogP contribution in [-0.4, -0.2) is 22.6 Å². The molecule has 106 valence electrons. The van der Waals surface area contributed by atoms with E-state index in [1.54, 1.807) is 12.3 Å². The van der Waals surface area contributed by atoms with E-state index in [1.807, 2.05) is 47.4 Å². The summed E-state index contributed by atoms with van der Waals surface area (Å²) in [5.74, 6) is -0.830. The molecule has 0 aliphatic rings. The van der Waals surface area contributed by atoms with E-state index in [9.17, 15) is 4.79 Å². The highest BCUT2D eigenvalue weighted by Gasteiger charge is 2.10. The minimum Gasteiger partial charge on any atom is -0.481 e. The molecule has 0 amide bonds. The van der Waals surface area contributed by atoms with Crippen molar-refractivity contribution >= 4 is 11.7 Å². The molecule has 1 aromatic heterocycles. The molecule has 0 spiro atoms. The van der Waals surface area contributed by atoms with Gasteiger partial charge >= 0.3 is 5.97 Å². The second kappa shape index (κ2) is 7.06. The van der Waals surface area contributed by atoms with E-state index < -0.39 is 5.97 Å². The van der Waals surface area contributed by atoms with E-state index in [0.29, 0.717) is 18.8 Å². The molecule has 1 N–H and O–H groups in total. The summed E-state index contributed by atoms with van der Waals surface area (Å²) >= 11 is 0. The number of hydrogen-bond donors (Lipinski definition) is 1. The zero-order valence-corrected chi connectivity index (χ0v) is 11.4. The molecule has 0 radical (unpaired) electrons. The summed E-state index contributed by atoms with van der Waals surface area (Å²) in [7, 11) is 0. The van der Waals surface area contributed by atoms with Crippen LogP contribution in [0.25, 0.3) is 0 Å². The van der Waals surface area contributed by atoms with E-state index in [1.165, 1.54) is 0 Å². The summed E-state index contributed by atoms with van der Waals surface area (Å²) in [6, 6.07) is 15.2. The van der Waals surface area contributed by atoms with Crippen LogP contribution in [0.15, 0.2) is 48.7 Å². The third-order valence-electron chi connectivity index (χ3n) is 3.03. The first kappa shape index (κ1) is 14.5. The van der Waals surface area contributed by atoms with Gasteiger partial charge in [-0.3, -0.25) is 4.79 Å². The number of nitriles is 1. The summed E-state index contributed by atoms with van der Waals surface area (Å²) in [5.41, 5.74) is 2.24. The molecule has 0 saturated heterocycles. The van der Waals surface area contributed by atoms with Gasteiger partial charge in [0.1, 0.15) is 11.8 Å². The fourth-order valence-electron chi connectivity index (χ4n) is 2.02. The number of carboxylic acid groups (broad SMARTS) is 1. The van der Waals surface area contributed by atoms with Crippen molar-refractivity contribution in [3.63, 3.8) is 0 Å². The molecule has 1 heterocycles. The highest BCUT2D eigenvalue weighted by molar-refractivity contribution is 5.67. The summed E-state index contributed by atoms with van der Waals surface area (Å²) in [6.45, 7) is 0.943. The summed E-state index contributed by atoms with van der Waals surface area (Å²) in [5, 5.41) is 17.8. The largest absolute Gasteiger partial charge is 0.481 e. The second-order valence-electron chi connectivity index (χ2n) is 4.56. The summed E-state index contributed by atoms with van der Waals surface area (Å²) in [6.07, 6.45) is 1.65. The SMILES string of the molecule is N#Cc1cc(CN(CCC(=O)O)c2ccccc2)ccn1. The Balaban J connectivity index is 2.19. The van der Waals surface area contributed by atoms with Crippen molar-refractivity contribution in [1.29, 1.82) is 5.26 Å². The maximum absolute atomic E-state index is 10.8. The summed E-state index contributed by atoms with van der Waals surface area (Å²) in [4.78, 5) is 16.7. The van der Waals surface area contributed by atoms with E-state index in [2.05, 4.69) is 4.98 Å². The van der Waals surface area contributed by atoms with Crippen LogP contribution in [-0.2, 0) is 11.3 Å². The van der Waals surface area contributed by atoms with E-state index >= 15 is 0 Å². The third kappa shape index (κ3) is 4.32. The highest BCUT2D eigenvalue weighted by Crippen LogP contribution is 2.17. The van der Waals surface area contributed by atoms with Gasteiger partial charge in [-0.2, -0.15) is 5.26 Å². The fourth-order valence-corrected chi connectivity index (χ4v) is 2.02. The van der Waals surface area contributed by atoms with Crippen LogP contribution in [0.2, 0.25) is 0 Å². The molecule has 5 nitrogen and oxygen atoms in total. The first-order chi connectivity index (χ1) is 10.2. The lowest BCUT2D eigenvalue weighted by Crippen LogP contribution is -2.25. The van der Waals surface area contributed by atoms with E-state index in [0.717, 1.165) is 11.3 Å². The molecule has 0 aliphatic carbocycles. The van der Waals surface area contributed by atoms with Gasteiger partial charge in [-0.25, -0.2) is 4.98 Å².